The van der Waals surface area contributed by atoms with Crippen LogP contribution in [-0.2, 0) is 18.3 Å². The molecular weight excluding hydrogens is 257 g/mol. The van der Waals surface area contributed by atoms with E-state index in [0.29, 0.717) is 12.8 Å². The summed E-state index contributed by atoms with van der Waals surface area (Å²) >= 11 is 0. The molecule has 2 rings (SSSR count). The molecule has 0 saturated heterocycles. The van der Waals surface area contributed by atoms with Crippen molar-refractivity contribution in [3.05, 3.63) is 41.8 Å². The zero-order valence-corrected chi connectivity index (χ0v) is 11.9. The lowest BCUT2D eigenvalue weighted by atomic mass is 10.0. The van der Waals surface area contributed by atoms with Crippen molar-refractivity contribution in [2.24, 2.45) is 7.05 Å². The number of aryl methyl sites for hydroxylation is 2. The van der Waals surface area contributed by atoms with E-state index in [1.54, 1.807) is 35.8 Å². The van der Waals surface area contributed by atoms with Crippen molar-refractivity contribution >= 4 is 5.91 Å². The molecule has 0 fully saturated rings. The van der Waals surface area contributed by atoms with Gasteiger partial charge in [0.1, 0.15) is 5.82 Å². The van der Waals surface area contributed by atoms with Gasteiger partial charge in [0.15, 0.2) is 0 Å². The lowest BCUT2D eigenvalue weighted by Gasteiger charge is -2.09. The fraction of sp³-hybridized carbons (Fsp3) is 0.333. The van der Waals surface area contributed by atoms with E-state index in [1.165, 1.54) is 12.1 Å². The van der Waals surface area contributed by atoms with Gasteiger partial charge in [-0.3, -0.25) is 9.48 Å². The molecule has 0 spiro atoms. The van der Waals surface area contributed by atoms with Gasteiger partial charge >= 0.3 is 0 Å². The maximum atomic E-state index is 13.0. The van der Waals surface area contributed by atoms with Crippen molar-refractivity contribution in [2.75, 3.05) is 14.1 Å². The Morgan fingerprint density at radius 3 is 2.55 bits per heavy atom. The van der Waals surface area contributed by atoms with Gasteiger partial charge in [0, 0.05) is 39.3 Å². The number of aromatic nitrogens is 2. The molecule has 0 aliphatic rings. The van der Waals surface area contributed by atoms with E-state index in [-0.39, 0.29) is 11.7 Å². The minimum atomic E-state index is -0.269. The Morgan fingerprint density at radius 2 is 1.95 bits per heavy atom. The molecule has 20 heavy (non-hydrogen) atoms. The summed E-state index contributed by atoms with van der Waals surface area (Å²) < 4.78 is 14.7. The van der Waals surface area contributed by atoms with Crippen LogP contribution >= 0.6 is 0 Å². The Labute approximate surface area is 117 Å². The zero-order valence-electron chi connectivity index (χ0n) is 11.9. The normalized spacial score (nSPS) is 10.6. The van der Waals surface area contributed by atoms with E-state index in [4.69, 9.17) is 0 Å². The van der Waals surface area contributed by atoms with Crippen molar-refractivity contribution in [3.8, 4) is 11.3 Å². The molecule has 0 aliphatic carbocycles. The van der Waals surface area contributed by atoms with Crippen LogP contribution in [0.5, 0.6) is 0 Å². The van der Waals surface area contributed by atoms with Crippen LogP contribution in [0, 0.1) is 5.82 Å². The number of benzene rings is 1. The predicted octanol–water partition coefficient (Wildman–Crippen LogP) is 2.25. The molecule has 106 valence electrons. The number of hydrogen-bond acceptors (Lipinski definition) is 2. The van der Waals surface area contributed by atoms with Gasteiger partial charge in [-0.2, -0.15) is 5.10 Å². The quantitative estimate of drug-likeness (QED) is 0.858. The Morgan fingerprint density at radius 1 is 1.30 bits per heavy atom. The summed E-state index contributed by atoms with van der Waals surface area (Å²) in [5.41, 5.74) is 2.66. The standard InChI is InChI=1S/C15H18FN3O/c1-18(2)14(20)9-6-12-10-19(3)17-15(12)11-4-7-13(16)8-5-11/h4-5,7-8,10H,6,9H2,1-3H3. The summed E-state index contributed by atoms with van der Waals surface area (Å²) in [6, 6.07) is 6.24. The van der Waals surface area contributed by atoms with Gasteiger partial charge in [-0.05, 0) is 36.2 Å². The first-order valence-corrected chi connectivity index (χ1v) is 6.46. The Balaban J connectivity index is 2.22. The second kappa shape index (κ2) is 5.86. The summed E-state index contributed by atoms with van der Waals surface area (Å²) in [6.45, 7) is 0. The molecule has 0 aliphatic heterocycles. The van der Waals surface area contributed by atoms with Gasteiger partial charge in [-0.15, -0.1) is 0 Å². The third-order valence-corrected chi connectivity index (χ3v) is 3.13. The molecule has 0 N–H and O–H groups in total. The highest BCUT2D eigenvalue weighted by Crippen LogP contribution is 2.23. The largest absolute Gasteiger partial charge is 0.349 e. The van der Waals surface area contributed by atoms with Crippen molar-refractivity contribution in [2.45, 2.75) is 12.8 Å². The highest BCUT2D eigenvalue weighted by atomic mass is 19.1. The van der Waals surface area contributed by atoms with Gasteiger partial charge < -0.3 is 4.90 Å². The molecule has 1 amide bonds. The molecule has 1 heterocycles. The Bertz CT molecular complexity index is 602. The first-order chi connectivity index (χ1) is 9.47. The maximum absolute atomic E-state index is 13.0. The number of amides is 1. The molecule has 0 radical (unpaired) electrons. The second-order valence-electron chi connectivity index (χ2n) is 4.97. The number of rotatable bonds is 4. The van der Waals surface area contributed by atoms with Crippen LogP contribution in [-0.4, -0.2) is 34.7 Å². The molecule has 5 heteroatoms. The fourth-order valence-corrected chi connectivity index (χ4v) is 2.04. The molecule has 1 aromatic carbocycles. The van der Waals surface area contributed by atoms with Gasteiger partial charge in [-0.25, -0.2) is 4.39 Å². The summed E-state index contributed by atoms with van der Waals surface area (Å²) in [5, 5.41) is 4.40. The van der Waals surface area contributed by atoms with Crippen molar-refractivity contribution in [3.63, 3.8) is 0 Å². The van der Waals surface area contributed by atoms with E-state index in [1.807, 2.05) is 13.2 Å². The molecule has 4 nitrogen and oxygen atoms in total. The van der Waals surface area contributed by atoms with Crippen LogP contribution in [0.3, 0.4) is 0 Å². The van der Waals surface area contributed by atoms with Crippen molar-refractivity contribution < 1.29 is 9.18 Å². The summed E-state index contributed by atoms with van der Waals surface area (Å²) in [6.07, 6.45) is 2.96. The van der Waals surface area contributed by atoms with Gasteiger partial charge in [0.25, 0.3) is 0 Å². The van der Waals surface area contributed by atoms with Crippen LogP contribution < -0.4 is 0 Å². The van der Waals surface area contributed by atoms with E-state index in [2.05, 4.69) is 5.10 Å². The Hall–Kier alpha value is -2.17. The minimum Gasteiger partial charge on any atom is -0.349 e. The van der Waals surface area contributed by atoms with Crippen LogP contribution in [0.4, 0.5) is 4.39 Å². The molecule has 0 unspecified atom stereocenters. The van der Waals surface area contributed by atoms with E-state index < -0.39 is 0 Å². The highest BCUT2D eigenvalue weighted by Gasteiger charge is 2.12. The summed E-state index contributed by atoms with van der Waals surface area (Å²) in [7, 11) is 5.32. The van der Waals surface area contributed by atoms with Crippen LogP contribution in [0.1, 0.15) is 12.0 Å². The predicted molar refractivity (Wildman–Crippen MR) is 75.6 cm³/mol. The molecule has 1 aromatic heterocycles. The van der Waals surface area contributed by atoms with Crippen LogP contribution in [0.2, 0.25) is 0 Å². The van der Waals surface area contributed by atoms with E-state index >= 15 is 0 Å². The zero-order chi connectivity index (χ0) is 14.7. The number of carbonyl (C=O) groups excluding carboxylic acids is 1. The number of halogens is 1. The number of carbonyl (C=O) groups is 1. The van der Waals surface area contributed by atoms with E-state index in [0.717, 1.165) is 16.8 Å². The highest BCUT2D eigenvalue weighted by molar-refractivity contribution is 5.76. The third kappa shape index (κ3) is 3.23. The number of hydrogen-bond donors (Lipinski definition) is 0. The summed E-state index contributed by atoms with van der Waals surface area (Å²) in [4.78, 5) is 13.2. The monoisotopic (exact) mass is 275 g/mol. The van der Waals surface area contributed by atoms with Gasteiger partial charge in [0.05, 0.1) is 5.69 Å². The first kappa shape index (κ1) is 14.2. The maximum Gasteiger partial charge on any atom is 0.222 e. The Kier molecular flexibility index (Phi) is 4.17. The lowest BCUT2D eigenvalue weighted by Crippen LogP contribution is -2.21. The molecule has 0 saturated carbocycles. The van der Waals surface area contributed by atoms with Crippen LogP contribution in [0.15, 0.2) is 30.5 Å². The van der Waals surface area contributed by atoms with Crippen molar-refractivity contribution in [1.82, 2.24) is 14.7 Å². The first-order valence-electron chi connectivity index (χ1n) is 6.46. The summed E-state index contributed by atoms with van der Waals surface area (Å²) in [5.74, 6) is -0.187. The average molecular weight is 275 g/mol. The van der Waals surface area contributed by atoms with Gasteiger partial charge in [0.2, 0.25) is 5.91 Å². The minimum absolute atomic E-state index is 0.0823. The smallest absolute Gasteiger partial charge is 0.222 e. The van der Waals surface area contributed by atoms with Gasteiger partial charge in [-0.1, -0.05) is 0 Å². The molecule has 0 bridgehead atoms. The number of nitrogens with zero attached hydrogens (tertiary/aromatic N) is 3. The lowest BCUT2D eigenvalue weighted by molar-refractivity contribution is -0.128. The topological polar surface area (TPSA) is 38.1 Å². The molecule has 0 atom stereocenters. The third-order valence-electron chi connectivity index (χ3n) is 3.13. The van der Waals surface area contributed by atoms with Crippen LogP contribution in [0.25, 0.3) is 11.3 Å². The SMILES string of the molecule is CN(C)C(=O)CCc1cn(C)nc1-c1ccc(F)cc1. The molecular formula is C15H18FN3O. The average Bonchev–Trinajstić information content (AvgIpc) is 2.78. The molecule has 2 aromatic rings. The fourth-order valence-electron chi connectivity index (χ4n) is 2.04. The van der Waals surface area contributed by atoms with E-state index in [9.17, 15) is 9.18 Å². The second-order valence-corrected chi connectivity index (χ2v) is 4.97. The van der Waals surface area contributed by atoms with Crippen molar-refractivity contribution in [1.29, 1.82) is 0 Å².